The molecule has 0 aromatic heterocycles. The van der Waals surface area contributed by atoms with Gasteiger partial charge in [0, 0.05) is 0 Å². The summed E-state index contributed by atoms with van der Waals surface area (Å²) in [5.74, 6) is -17.9. The average Bonchev–Trinajstić information content (AvgIpc) is 2.14. The van der Waals surface area contributed by atoms with Crippen LogP contribution in [0.25, 0.3) is 0 Å². The summed E-state index contributed by atoms with van der Waals surface area (Å²) in [6, 6.07) is 0. The van der Waals surface area contributed by atoms with Crippen LogP contribution in [0.4, 0.5) is 35.1 Å². The third-order valence-electron chi connectivity index (χ3n) is 1.68. The first kappa shape index (κ1) is 20.4. The van der Waals surface area contributed by atoms with Crippen molar-refractivity contribution in [3.8, 4) is 0 Å². The van der Waals surface area contributed by atoms with E-state index < -0.39 is 37.0 Å². The standard InChI is InChI=1S/C7H9F8NO.HI/c1-3(16)17-2-5(10,11)7(14,15)6(12,13)4(8)9;/h3-4H,2,16H2,1H3;1H. The molecular weight excluding hydrogens is 393 g/mol. The molecule has 0 aliphatic rings. The van der Waals surface area contributed by atoms with Gasteiger partial charge in [0.2, 0.25) is 0 Å². The minimum Gasteiger partial charge on any atom is -0.357 e. The maximum atomic E-state index is 12.7. The third kappa shape index (κ3) is 4.05. The Kier molecular flexibility index (Phi) is 7.37. The first-order valence-corrected chi connectivity index (χ1v) is 4.15. The molecule has 0 radical (unpaired) electrons. The fourth-order valence-corrected chi connectivity index (χ4v) is 0.708. The van der Waals surface area contributed by atoms with Gasteiger partial charge in [-0.05, 0) is 6.92 Å². The van der Waals surface area contributed by atoms with E-state index in [1.54, 1.807) is 0 Å². The predicted molar refractivity (Wildman–Crippen MR) is 55.9 cm³/mol. The lowest BCUT2D eigenvalue weighted by atomic mass is 10.1. The summed E-state index contributed by atoms with van der Waals surface area (Å²) in [4.78, 5) is 0. The van der Waals surface area contributed by atoms with Crippen molar-refractivity contribution in [1.29, 1.82) is 0 Å². The Balaban J connectivity index is 0. The van der Waals surface area contributed by atoms with E-state index in [2.05, 4.69) is 4.74 Å². The lowest BCUT2D eigenvalue weighted by molar-refractivity contribution is -0.347. The molecular formula is C7H10F8INO. The first-order chi connectivity index (χ1) is 7.36. The van der Waals surface area contributed by atoms with E-state index in [0.29, 0.717) is 0 Å². The summed E-state index contributed by atoms with van der Waals surface area (Å²) in [5.41, 5.74) is 4.78. The molecule has 11 heteroatoms. The lowest BCUT2D eigenvalue weighted by Crippen LogP contribution is -2.59. The van der Waals surface area contributed by atoms with E-state index in [9.17, 15) is 35.1 Å². The van der Waals surface area contributed by atoms with Crippen molar-refractivity contribution < 1.29 is 39.9 Å². The van der Waals surface area contributed by atoms with Crippen molar-refractivity contribution in [2.75, 3.05) is 6.61 Å². The molecule has 0 heterocycles. The fraction of sp³-hybridized carbons (Fsp3) is 1.00. The second kappa shape index (κ2) is 6.50. The Morgan fingerprint density at radius 2 is 1.44 bits per heavy atom. The molecule has 0 aliphatic carbocycles. The van der Waals surface area contributed by atoms with Crippen LogP contribution >= 0.6 is 24.0 Å². The van der Waals surface area contributed by atoms with Crippen molar-refractivity contribution in [1.82, 2.24) is 0 Å². The summed E-state index contributed by atoms with van der Waals surface area (Å²) in [6.07, 6.45) is -6.37. The quantitative estimate of drug-likeness (QED) is 0.421. The van der Waals surface area contributed by atoms with Gasteiger partial charge >= 0.3 is 24.2 Å². The maximum absolute atomic E-state index is 12.7. The molecule has 0 saturated heterocycles. The molecule has 1 atom stereocenters. The monoisotopic (exact) mass is 403 g/mol. The number of rotatable bonds is 6. The summed E-state index contributed by atoms with van der Waals surface area (Å²) in [6.45, 7) is -1.22. The van der Waals surface area contributed by atoms with Gasteiger partial charge in [-0.3, -0.25) is 0 Å². The Morgan fingerprint density at radius 3 is 1.72 bits per heavy atom. The van der Waals surface area contributed by atoms with E-state index >= 15 is 0 Å². The molecule has 0 fully saturated rings. The van der Waals surface area contributed by atoms with Crippen molar-refractivity contribution >= 4 is 24.0 Å². The highest BCUT2D eigenvalue weighted by Gasteiger charge is 2.75. The highest BCUT2D eigenvalue weighted by atomic mass is 127. The van der Waals surface area contributed by atoms with Crippen LogP contribution in [0.3, 0.4) is 0 Å². The molecule has 112 valence electrons. The summed E-state index contributed by atoms with van der Waals surface area (Å²) >= 11 is 0. The predicted octanol–water partition coefficient (Wildman–Crippen LogP) is 3.10. The smallest absolute Gasteiger partial charge is 0.357 e. The molecule has 0 aromatic carbocycles. The SMILES string of the molecule is CC(N)OCC(F)(F)C(F)(F)C(F)(F)C(F)F.I. The molecule has 1 unspecified atom stereocenters. The zero-order valence-corrected chi connectivity index (χ0v) is 11.1. The van der Waals surface area contributed by atoms with Gasteiger partial charge in [0.05, 0.1) is 0 Å². The number of halogens is 9. The molecule has 0 bridgehead atoms. The fourth-order valence-electron chi connectivity index (χ4n) is 0.708. The van der Waals surface area contributed by atoms with Gasteiger partial charge in [-0.1, -0.05) is 0 Å². The second-order valence-electron chi connectivity index (χ2n) is 3.22. The Bertz CT molecular complexity index is 260. The van der Waals surface area contributed by atoms with Crippen LogP contribution in [0.15, 0.2) is 0 Å². The van der Waals surface area contributed by atoms with E-state index in [1.807, 2.05) is 0 Å². The summed E-state index contributed by atoms with van der Waals surface area (Å²) in [5, 5.41) is 0. The van der Waals surface area contributed by atoms with Crippen molar-refractivity contribution in [3.05, 3.63) is 0 Å². The van der Waals surface area contributed by atoms with Gasteiger partial charge in [-0.15, -0.1) is 24.0 Å². The van der Waals surface area contributed by atoms with Crippen LogP contribution in [0, 0.1) is 0 Å². The average molecular weight is 403 g/mol. The van der Waals surface area contributed by atoms with Crippen LogP contribution in [0.1, 0.15) is 6.92 Å². The van der Waals surface area contributed by atoms with Crippen LogP contribution in [0.5, 0.6) is 0 Å². The number of ether oxygens (including phenoxy) is 1. The van der Waals surface area contributed by atoms with Gasteiger partial charge in [-0.25, -0.2) is 8.78 Å². The van der Waals surface area contributed by atoms with Gasteiger partial charge in [-0.2, -0.15) is 26.3 Å². The maximum Gasteiger partial charge on any atom is 0.380 e. The van der Waals surface area contributed by atoms with Crippen LogP contribution in [-0.2, 0) is 4.74 Å². The van der Waals surface area contributed by atoms with Gasteiger partial charge in [0.15, 0.2) is 0 Å². The van der Waals surface area contributed by atoms with Crippen molar-refractivity contribution in [2.45, 2.75) is 37.3 Å². The third-order valence-corrected chi connectivity index (χ3v) is 1.68. The molecule has 18 heavy (non-hydrogen) atoms. The second-order valence-corrected chi connectivity index (χ2v) is 3.22. The van der Waals surface area contributed by atoms with Crippen LogP contribution in [0.2, 0.25) is 0 Å². The highest BCUT2D eigenvalue weighted by Crippen LogP contribution is 2.48. The largest absolute Gasteiger partial charge is 0.380 e. The zero-order valence-electron chi connectivity index (χ0n) is 8.78. The van der Waals surface area contributed by atoms with E-state index in [4.69, 9.17) is 5.73 Å². The minimum atomic E-state index is -6.25. The van der Waals surface area contributed by atoms with Gasteiger partial charge < -0.3 is 10.5 Å². The van der Waals surface area contributed by atoms with Crippen molar-refractivity contribution in [3.63, 3.8) is 0 Å². The number of hydrogen-bond donors (Lipinski definition) is 1. The normalized spacial score (nSPS) is 15.5. The van der Waals surface area contributed by atoms with Crippen molar-refractivity contribution in [2.24, 2.45) is 5.73 Å². The molecule has 0 aromatic rings. The van der Waals surface area contributed by atoms with Crippen LogP contribution in [-0.4, -0.2) is 37.0 Å². The highest BCUT2D eigenvalue weighted by molar-refractivity contribution is 14.0. The van der Waals surface area contributed by atoms with E-state index in [0.717, 1.165) is 6.92 Å². The van der Waals surface area contributed by atoms with Gasteiger partial charge in [0.25, 0.3) is 0 Å². The zero-order chi connectivity index (χ0) is 14.1. The molecule has 2 N–H and O–H groups in total. The molecule has 0 spiro atoms. The Hall–Kier alpha value is 0.0900. The first-order valence-electron chi connectivity index (χ1n) is 4.15. The molecule has 2 nitrogen and oxygen atoms in total. The van der Waals surface area contributed by atoms with Crippen LogP contribution < -0.4 is 5.73 Å². The number of hydrogen-bond acceptors (Lipinski definition) is 2. The van der Waals surface area contributed by atoms with E-state index in [-0.39, 0.29) is 24.0 Å². The van der Waals surface area contributed by atoms with Gasteiger partial charge in [0.1, 0.15) is 12.8 Å². The molecule has 0 rings (SSSR count). The number of alkyl halides is 8. The molecule has 0 saturated carbocycles. The summed E-state index contributed by atoms with van der Waals surface area (Å²) < 4.78 is 102. The Labute approximate surface area is 114 Å². The lowest BCUT2D eigenvalue weighted by Gasteiger charge is -2.32. The topological polar surface area (TPSA) is 35.2 Å². The van der Waals surface area contributed by atoms with E-state index in [1.165, 1.54) is 0 Å². The Morgan fingerprint density at radius 1 is 1.06 bits per heavy atom. The number of nitrogens with two attached hydrogens (primary N) is 1. The summed E-state index contributed by atoms with van der Waals surface area (Å²) in [7, 11) is 0. The molecule has 0 aliphatic heterocycles. The minimum absolute atomic E-state index is 0. The molecule has 0 amide bonds.